The number of esters is 1. The van der Waals surface area contributed by atoms with Crippen molar-refractivity contribution in [3.8, 4) is 0 Å². The van der Waals surface area contributed by atoms with E-state index in [0.29, 0.717) is 19.4 Å². The van der Waals surface area contributed by atoms with Gasteiger partial charge in [0.1, 0.15) is 0 Å². The summed E-state index contributed by atoms with van der Waals surface area (Å²) in [5.74, 6) is -0.0266. The van der Waals surface area contributed by atoms with Crippen LogP contribution >= 0.6 is 0 Å². The number of hydrogen-bond acceptors (Lipinski definition) is 5. The first-order chi connectivity index (χ1) is 7.35. The molecule has 0 heterocycles. The van der Waals surface area contributed by atoms with Gasteiger partial charge in [-0.3, -0.25) is 8.98 Å². The quantitative estimate of drug-likeness (QED) is 0.370. The Morgan fingerprint density at radius 1 is 1.38 bits per heavy atom. The Labute approximate surface area is 97.2 Å². The number of carbonyl (C=O) groups is 1. The summed E-state index contributed by atoms with van der Waals surface area (Å²) in [6, 6.07) is 0. The van der Waals surface area contributed by atoms with Gasteiger partial charge in [-0.2, -0.15) is 8.42 Å². The summed E-state index contributed by atoms with van der Waals surface area (Å²) in [6.45, 7) is 4.26. The highest BCUT2D eigenvalue weighted by atomic mass is 32.2. The number of hydrogen-bond donors (Lipinski definition) is 0. The van der Waals surface area contributed by atoms with Crippen LogP contribution in [0.1, 0.15) is 33.1 Å². The summed E-state index contributed by atoms with van der Waals surface area (Å²) >= 11 is 0. The lowest BCUT2D eigenvalue weighted by atomic mass is 10.0. The van der Waals surface area contributed by atoms with Gasteiger partial charge in [0.15, 0.2) is 0 Å². The van der Waals surface area contributed by atoms with Crippen LogP contribution < -0.4 is 0 Å². The lowest BCUT2D eigenvalue weighted by Crippen LogP contribution is -2.10. The second kappa shape index (κ2) is 7.62. The largest absolute Gasteiger partial charge is 0.466 e. The lowest BCUT2D eigenvalue weighted by molar-refractivity contribution is -0.144. The van der Waals surface area contributed by atoms with E-state index in [0.717, 1.165) is 12.7 Å². The SMILES string of the molecule is CCOC(=O)C[C@@H](C)CCCOS(C)(=O)=O. The molecule has 0 radical (unpaired) electrons. The zero-order chi connectivity index (χ0) is 12.6. The van der Waals surface area contributed by atoms with E-state index in [9.17, 15) is 13.2 Å². The summed E-state index contributed by atoms with van der Waals surface area (Å²) in [7, 11) is -3.35. The maximum absolute atomic E-state index is 11.1. The second-order valence-electron chi connectivity index (χ2n) is 3.78. The molecule has 0 aliphatic rings. The molecular weight excluding hydrogens is 232 g/mol. The molecule has 0 amide bonds. The number of rotatable bonds is 8. The van der Waals surface area contributed by atoms with Crippen molar-refractivity contribution in [3.63, 3.8) is 0 Å². The van der Waals surface area contributed by atoms with Gasteiger partial charge in [0.25, 0.3) is 10.1 Å². The van der Waals surface area contributed by atoms with Crippen molar-refractivity contribution in [3.05, 3.63) is 0 Å². The molecule has 16 heavy (non-hydrogen) atoms. The van der Waals surface area contributed by atoms with E-state index in [-0.39, 0.29) is 18.5 Å². The van der Waals surface area contributed by atoms with E-state index in [2.05, 4.69) is 4.18 Å². The van der Waals surface area contributed by atoms with E-state index in [1.807, 2.05) is 6.92 Å². The van der Waals surface area contributed by atoms with Gasteiger partial charge in [-0.1, -0.05) is 6.92 Å². The molecule has 0 aliphatic carbocycles. The van der Waals surface area contributed by atoms with Crippen LogP contribution in [-0.4, -0.2) is 33.9 Å². The fourth-order valence-electron chi connectivity index (χ4n) is 1.25. The van der Waals surface area contributed by atoms with Gasteiger partial charge in [0, 0.05) is 6.42 Å². The van der Waals surface area contributed by atoms with Crippen LogP contribution in [0.2, 0.25) is 0 Å². The lowest BCUT2D eigenvalue weighted by Gasteiger charge is -2.09. The van der Waals surface area contributed by atoms with Gasteiger partial charge < -0.3 is 4.74 Å². The summed E-state index contributed by atoms with van der Waals surface area (Å²) < 4.78 is 30.7. The van der Waals surface area contributed by atoms with Crippen molar-refractivity contribution in [2.24, 2.45) is 5.92 Å². The fraction of sp³-hybridized carbons (Fsp3) is 0.900. The standard InChI is InChI=1S/C10H20O5S/c1-4-14-10(11)8-9(2)6-5-7-15-16(3,12)13/h9H,4-8H2,1-3H3/t9-/m0/s1. The molecular formula is C10H20O5S. The molecule has 0 saturated heterocycles. The summed E-state index contributed by atoms with van der Waals surface area (Å²) in [6.07, 6.45) is 2.75. The van der Waals surface area contributed by atoms with Crippen molar-refractivity contribution in [2.45, 2.75) is 33.1 Å². The third kappa shape index (κ3) is 9.92. The Morgan fingerprint density at radius 2 is 2.00 bits per heavy atom. The average molecular weight is 252 g/mol. The van der Waals surface area contributed by atoms with Crippen LogP contribution in [0, 0.1) is 5.92 Å². The molecule has 0 N–H and O–H groups in total. The molecule has 0 rings (SSSR count). The first-order valence-electron chi connectivity index (χ1n) is 5.35. The van der Waals surface area contributed by atoms with Gasteiger partial charge in [0.05, 0.1) is 19.5 Å². The summed E-state index contributed by atoms with van der Waals surface area (Å²) in [5, 5.41) is 0. The molecule has 0 aromatic heterocycles. The van der Waals surface area contributed by atoms with Crippen LogP contribution in [0.25, 0.3) is 0 Å². The van der Waals surface area contributed by atoms with Crippen molar-refractivity contribution >= 4 is 16.1 Å². The Morgan fingerprint density at radius 3 is 2.50 bits per heavy atom. The van der Waals surface area contributed by atoms with Crippen molar-refractivity contribution < 1.29 is 22.1 Å². The Hall–Kier alpha value is -0.620. The average Bonchev–Trinajstić information content (AvgIpc) is 2.11. The van der Waals surface area contributed by atoms with Crippen LogP contribution in [0.5, 0.6) is 0 Å². The molecule has 5 nitrogen and oxygen atoms in total. The molecule has 1 atom stereocenters. The number of ether oxygens (including phenoxy) is 1. The van der Waals surface area contributed by atoms with E-state index in [1.165, 1.54) is 0 Å². The minimum Gasteiger partial charge on any atom is -0.466 e. The second-order valence-corrected chi connectivity index (χ2v) is 5.43. The van der Waals surface area contributed by atoms with Crippen LogP contribution in [0.3, 0.4) is 0 Å². The van der Waals surface area contributed by atoms with E-state index in [4.69, 9.17) is 4.74 Å². The van der Waals surface area contributed by atoms with Gasteiger partial charge in [0.2, 0.25) is 0 Å². The number of carbonyl (C=O) groups excluding carboxylic acids is 1. The maximum atomic E-state index is 11.1. The smallest absolute Gasteiger partial charge is 0.306 e. The van der Waals surface area contributed by atoms with Crippen LogP contribution in [0.15, 0.2) is 0 Å². The molecule has 0 unspecified atom stereocenters. The predicted octanol–water partition coefficient (Wildman–Crippen LogP) is 1.33. The normalized spacial score (nSPS) is 13.4. The molecule has 0 spiro atoms. The van der Waals surface area contributed by atoms with Gasteiger partial charge >= 0.3 is 5.97 Å². The van der Waals surface area contributed by atoms with E-state index >= 15 is 0 Å². The zero-order valence-corrected chi connectivity index (χ0v) is 10.9. The molecule has 6 heteroatoms. The molecule has 0 bridgehead atoms. The van der Waals surface area contributed by atoms with Gasteiger partial charge in [-0.15, -0.1) is 0 Å². The highest BCUT2D eigenvalue weighted by Gasteiger charge is 2.10. The molecule has 0 fully saturated rings. The third-order valence-corrected chi connectivity index (χ3v) is 2.55. The molecule has 0 aromatic carbocycles. The highest BCUT2D eigenvalue weighted by molar-refractivity contribution is 7.85. The monoisotopic (exact) mass is 252 g/mol. The van der Waals surface area contributed by atoms with Crippen molar-refractivity contribution in [2.75, 3.05) is 19.5 Å². The Bertz CT molecular complexity index is 296. The third-order valence-electron chi connectivity index (χ3n) is 1.96. The van der Waals surface area contributed by atoms with Gasteiger partial charge in [-0.05, 0) is 25.7 Å². The summed E-state index contributed by atoms with van der Waals surface area (Å²) in [5.41, 5.74) is 0. The minimum absolute atomic E-state index is 0.173. The first kappa shape index (κ1) is 15.4. The van der Waals surface area contributed by atoms with Crippen LogP contribution in [0.4, 0.5) is 0 Å². The minimum atomic E-state index is -3.35. The zero-order valence-electron chi connectivity index (χ0n) is 10.1. The molecule has 0 aromatic rings. The molecule has 0 saturated carbocycles. The Kier molecular flexibility index (Phi) is 7.33. The van der Waals surface area contributed by atoms with Crippen molar-refractivity contribution in [1.29, 1.82) is 0 Å². The fourth-order valence-corrected chi connectivity index (χ4v) is 1.67. The molecule has 96 valence electrons. The van der Waals surface area contributed by atoms with Crippen LogP contribution in [-0.2, 0) is 23.8 Å². The Balaban J connectivity index is 3.58. The first-order valence-corrected chi connectivity index (χ1v) is 7.16. The van der Waals surface area contributed by atoms with E-state index < -0.39 is 10.1 Å². The topological polar surface area (TPSA) is 69.7 Å². The molecule has 0 aliphatic heterocycles. The summed E-state index contributed by atoms with van der Waals surface area (Å²) in [4.78, 5) is 11.1. The van der Waals surface area contributed by atoms with E-state index in [1.54, 1.807) is 6.92 Å². The maximum Gasteiger partial charge on any atom is 0.306 e. The van der Waals surface area contributed by atoms with Gasteiger partial charge in [-0.25, -0.2) is 0 Å². The predicted molar refractivity (Wildman–Crippen MR) is 60.4 cm³/mol. The highest BCUT2D eigenvalue weighted by Crippen LogP contribution is 2.11. The van der Waals surface area contributed by atoms with Crippen molar-refractivity contribution in [1.82, 2.24) is 0 Å².